The standard InChI is InChI=1S/C22H26O3/c1-2-3-5-10-19(13-14-23-16-18-8-6-4-7-9-18)20-11-12-21-22(15-20)25-17-24-21/h4-12,15,19H,2-3,13-14,16-17H2,1H3/b10-5+/t19-/m0/s1. The second kappa shape index (κ2) is 9.28. The van der Waals surface area contributed by atoms with E-state index in [4.69, 9.17) is 14.2 Å². The van der Waals surface area contributed by atoms with Crippen molar-refractivity contribution in [2.45, 2.75) is 38.7 Å². The Morgan fingerprint density at radius 1 is 1.08 bits per heavy atom. The first-order valence-electron chi connectivity index (χ1n) is 9.04. The molecule has 1 heterocycles. The number of fused-ring (bicyclic) bond motifs is 1. The van der Waals surface area contributed by atoms with Crippen molar-refractivity contribution < 1.29 is 14.2 Å². The topological polar surface area (TPSA) is 27.7 Å². The number of unbranched alkanes of at least 4 members (excludes halogenated alkanes) is 1. The third kappa shape index (κ3) is 5.10. The number of hydrogen-bond donors (Lipinski definition) is 0. The van der Waals surface area contributed by atoms with E-state index in [-0.39, 0.29) is 0 Å². The molecule has 0 saturated carbocycles. The highest BCUT2D eigenvalue weighted by Crippen LogP contribution is 2.35. The van der Waals surface area contributed by atoms with Crippen LogP contribution in [0.2, 0.25) is 0 Å². The van der Waals surface area contributed by atoms with Crippen molar-refractivity contribution in [3.8, 4) is 11.5 Å². The average Bonchev–Trinajstić information content (AvgIpc) is 3.12. The lowest BCUT2D eigenvalue weighted by molar-refractivity contribution is 0.116. The Labute approximate surface area is 150 Å². The van der Waals surface area contributed by atoms with Gasteiger partial charge < -0.3 is 14.2 Å². The molecule has 0 bridgehead atoms. The molecular formula is C22H26O3. The van der Waals surface area contributed by atoms with Gasteiger partial charge in [0.05, 0.1) is 6.61 Å². The molecule has 0 fully saturated rings. The molecule has 2 aromatic carbocycles. The lowest BCUT2D eigenvalue weighted by Gasteiger charge is -2.14. The molecule has 0 radical (unpaired) electrons. The lowest BCUT2D eigenvalue weighted by atomic mass is 9.94. The molecule has 0 N–H and O–H groups in total. The largest absolute Gasteiger partial charge is 0.454 e. The first-order valence-corrected chi connectivity index (χ1v) is 9.04. The van der Waals surface area contributed by atoms with Gasteiger partial charge in [-0.1, -0.05) is 61.9 Å². The van der Waals surface area contributed by atoms with Gasteiger partial charge in [-0.3, -0.25) is 0 Å². The Hall–Kier alpha value is -2.26. The average molecular weight is 338 g/mol. The number of allylic oxidation sites excluding steroid dienone is 2. The number of rotatable bonds is 9. The van der Waals surface area contributed by atoms with Crippen molar-refractivity contribution >= 4 is 0 Å². The van der Waals surface area contributed by atoms with Crippen LogP contribution in [0.1, 0.15) is 43.2 Å². The summed E-state index contributed by atoms with van der Waals surface area (Å²) < 4.78 is 16.8. The highest BCUT2D eigenvalue weighted by Gasteiger charge is 2.16. The molecule has 1 aliphatic heterocycles. The van der Waals surface area contributed by atoms with E-state index >= 15 is 0 Å². The second-order valence-corrected chi connectivity index (χ2v) is 6.26. The fourth-order valence-electron chi connectivity index (χ4n) is 2.92. The summed E-state index contributed by atoms with van der Waals surface area (Å²) >= 11 is 0. The van der Waals surface area contributed by atoms with Gasteiger partial charge >= 0.3 is 0 Å². The maximum atomic E-state index is 5.88. The normalized spacial score (nSPS) is 14.1. The minimum absolute atomic E-state index is 0.315. The zero-order valence-corrected chi connectivity index (χ0v) is 14.8. The molecule has 132 valence electrons. The summed E-state index contributed by atoms with van der Waals surface area (Å²) in [5.74, 6) is 2.01. The fraction of sp³-hybridized carbons (Fsp3) is 0.364. The molecular weight excluding hydrogens is 312 g/mol. The van der Waals surface area contributed by atoms with Crippen molar-refractivity contribution in [3.05, 3.63) is 71.8 Å². The predicted octanol–water partition coefficient (Wildman–Crippen LogP) is 5.46. The van der Waals surface area contributed by atoms with Crippen molar-refractivity contribution in [2.75, 3.05) is 13.4 Å². The molecule has 1 atom stereocenters. The lowest BCUT2D eigenvalue weighted by Crippen LogP contribution is -2.03. The first kappa shape index (κ1) is 17.6. The fourth-order valence-corrected chi connectivity index (χ4v) is 2.92. The third-order valence-corrected chi connectivity index (χ3v) is 4.33. The van der Waals surface area contributed by atoms with Crippen LogP contribution in [0.25, 0.3) is 0 Å². The Morgan fingerprint density at radius 3 is 2.76 bits per heavy atom. The van der Waals surface area contributed by atoms with Gasteiger partial charge in [-0.25, -0.2) is 0 Å². The number of ether oxygens (including phenoxy) is 3. The molecule has 0 unspecified atom stereocenters. The Bertz CT molecular complexity index is 679. The molecule has 25 heavy (non-hydrogen) atoms. The van der Waals surface area contributed by atoms with Crippen LogP contribution < -0.4 is 9.47 Å². The van der Waals surface area contributed by atoms with E-state index in [1.165, 1.54) is 11.1 Å². The van der Waals surface area contributed by atoms with E-state index in [2.05, 4.69) is 43.3 Å². The van der Waals surface area contributed by atoms with Crippen LogP contribution in [0.5, 0.6) is 11.5 Å². The Balaban J connectivity index is 1.59. The first-order chi connectivity index (χ1) is 12.4. The summed E-state index contributed by atoms with van der Waals surface area (Å²) in [6, 6.07) is 16.5. The zero-order chi connectivity index (χ0) is 17.3. The molecule has 1 aliphatic rings. The molecule has 3 heteroatoms. The van der Waals surface area contributed by atoms with Crippen molar-refractivity contribution in [3.63, 3.8) is 0 Å². The summed E-state index contributed by atoms with van der Waals surface area (Å²) in [4.78, 5) is 0. The van der Waals surface area contributed by atoms with Gasteiger partial charge in [0.1, 0.15) is 0 Å². The van der Waals surface area contributed by atoms with E-state index in [0.717, 1.165) is 37.4 Å². The van der Waals surface area contributed by atoms with Crippen LogP contribution in [-0.4, -0.2) is 13.4 Å². The molecule has 0 aliphatic carbocycles. The second-order valence-electron chi connectivity index (χ2n) is 6.26. The highest BCUT2D eigenvalue weighted by atomic mass is 16.7. The van der Waals surface area contributed by atoms with Gasteiger partial charge in [0, 0.05) is 12.5 Å². The SMILES string of the molecule is CCC/C=C/[C@@H](CCOCc1ccccc1)c1ccc2c(c1)OCO2. The van der Waals surface area contributed by atoms with E-state index in [1.54, 1.807) is 0 Å². The molecule has 0 saturated heterocycles. The maximum absolute atomic E-state index is 5.88. The quantitative estimate of drug-likeness (QED) is 0.449. The smallest absolute Gasteiger partial charge is 0.231 e. The summed E-state index contributed by atoms with van der Waals surface area (Å²) in [7, 11) is 0. The van der Waals surface area contributed by atoms with Crippen LogP contribution in [0, 0.1) is 0 Å². The van der Waals surface area contributed by atoms with Crippen molar-refractivity contribution in [1.29, 1.82) is 0 Å². The summed E-state index contributed by atoms with van der Waals surface area (Å²) in [6.45, 7) is 3.90. The van der Waals surface area contributed by atoms with Gasteiger partial charge in [-0.2, -0.15) is 0 Å². The van der Waals surface area contributed by atoms with E-state index in [9.17, 15) is 0 Å². The minimum Gasteiger partial charge on any atom is -0.454 e. The van der Waals surface area contributed by atoms with Gasteiger partial charge in [-0.05, 0) is 36.1 Å². The number of benzene rings is 2. The van der Waals surface area contributed by atoms with Crippen molar-refractivity contribution in [1.82, 2.24) is 0 Å². The van der Waals surface area contributed by atoms with Crippen LogP contribution in [-0.2, 0) is 11.3 Å². The minimum atomic E-state index is 0.315. The van der Waals surface area contributed by atoms with Crippen molar-refractivity contribution in [2.24, 2.45) is 0 Å². The molecule has 3 nitrogen and oxygen atoms in total. The summed E-state index contributed by atoms with van der Waals surface area (Å²) in [5, 5.41) is 0. The molecule has 0 aromatic heterocycles. The van der Waals surface area contributed by atoms with Gasteiger partial charge in [0.15, 0.2) is 11.5 Å². The molecule has 0 amide bonds. The summed E-state index contributed by atoms with van der Waals surface area (Å²) in [5.41, 5.74) is 2.46. The van der Waals surface area contributed by atoms with Gasteiger partial charge in [-0.15, -0.1) is 0 Å². The Kier molecular flexibility index (Phi) is 6.52. The molecule has 2 aromatic rings. The van der Waals surface area contributed by atoms with E-state index < -0.39 is 0 Å². The number of hydrogen-bond acceptors (Lipinski definition) is 3. The van der Waals surface area contributed by atoms with E-state index in [1.807, 2.05) is 24.3 Å². The Morgan fingerprint density at radius 2 is 1.92 bits per heavy atom. The van der Waals surface area contributed by atoms with Crippen LogP contribution in [0.4, 0.5) is 0 Å². The zero-order valence-electron chi connectivity index (χ0n) is 14.8. The van der Waals surface area contributed by atoms with Crippen LogP contribution >= 0.6 is 0 Å². The molecule has 0 spiro atoms. The predicted molar refractivity (Wildman–Crippen MR) is 100 cm³/mol. The van der Waals surface area contributed by atoms with Gasteiger partial charge in [0.25, 0.3) is 0 Å². The maximum Gasteiger partial charge on any atom is 0.231 e. The van der Waals surface area contributed by atoms with E-state index in [0.29, 0.717) is 19.3 Å². The van der Waals surface area contributed by atoms with Gasteiger partial charge in [0.2, 0.25) is 6.79 Å². The molecule has 3 rings (SSSR count). The third-order valence-electron chi connectivity index (χ3n) is 4.33. The van der Waals surface area contributed by atoms with Crippen LogP contribution in [0.3, 0.4) is 0 Å². The summed E-state index contributed by atoms with van der Waals surface area (Å²) in [6.07, 6.45) is 7.78. The monoisotopic (exact) mass is 338 g/mol. The van der Waals surface area contributed by atoms with Crippen LogP contribution in [0.15, 0.2) is 60.7 Å². The highest BCUT2D eigenvalue weighted by molar-refractivity contribution is 5.46.